The Balaban J connectivity index is 1.59. The molecule has 1 fully saturated rings. The van der Waals surface area contributed by atoms with Crippen molar-refractivity contribution in [1.82, 2.24) is 9.97 Å². The van der Waals surface area contributed by atoms with Crippen LogP contribution in [0.2, 0.25) is 0 Å². The monoisotopic (exact) mass is 393 g/mol. The van der Waals surface area contributed by atoms with Gasteiger partial charge in [0.25, 0.3) is 0 Å². The number of nitrogens with one attached hydrogen (secondary N) is 1. The summed E-state index contributed by atoms with van der Waals surface area (Å²) in [6, 6.07) is 6.96. The summed E-state index contributed by atoms with van der Waals surface area (Å²) in [5, 5.41) is 0. The van der Waals surface area contributed by atoms with Gasteiger partial charge in [-0.05, 0) is 24.3 Å². The first-order chi connectivity index (χ1) is 13.5. The predicted molar refractivity (Wildman–Crippen MR) is 93.4 cm³/mol. The second kappa shape index (κ2) is 7.14. The number of imidazole rings is 1. The van der Waals surface area contributed by atoms with Gasteiger partial charge in [0.05, 0.1) is 36.4 Å². The Bertz CT molecular complexity index is 1040. The van der Waals surface area contributed by atoms with Crippen molar-refractivity contribution in [2.75, 3.05) is 11.5 Å². The molecule has 1 N–H and O–H groups in total. The van der Waals surface area contributed by atoms with Gasteiger partial charge < -0.3 is 14.6 Å². The van der Waals surface area contributed by atoms with E-state index in [0.717, 1.165) is 5.52 Å². The van der Waals surface area contributed by atoms with Crippen LogP contribution in [0.5, 0.6) is 5.75 Å². The van der Waals surface area contributed by atoms with Gasteiger partial charge in [-0.15, -0.1) is 0 Å². The Morgan fingerprint density at radius 1 is 1.21 bits per heavy atom. The highest BCUT2D eigenvalue weighted by molar-refractivity contribution is 6.02. The van der Waals surface area contributed by atoms with Crippen molar-refractivity contribution in [2.24, 2.45) is 0 Å². The first-order valence-corrected chi connectivity index (χ1v) is 8.59. The standard InChI is InChI=1S/C19H15F4N3O2/c20-16(21)5-6-28-15-4-2-11(18(22)19(15)23)14-8-17(27)26(14)10-1-3-12-13(7-10)25-9-24-12/h1-4,7,9,14,16H,5-6,8H2,(H,24,25). The SMILES string of the molecule is O=C1CC(c2ccc(OCCC(F)F)c(F)c2F)N1c1ccc2[nH]cnc2c1. The highest BCUT2D eigenvalue weighted by Gasteiger charge is 2.40. The molecule has 0 aliphatic carbocycles. The lowest BCUT2D eigenvalue weighted by Crippen LogP contribution is -2.47. The second-order valence-corrected chi connectivity index (χ2v) is 6.40. The highest BCUT2D eigenvalue weighted by atomic mass is 19.3. The number of β-lactam (4-membered cyclic amide) rings is 1. The van der Waals surface area contributed by atoms with Gasteiger partial charge in [0.2, 0.25) is 18.1 Å². The minimum atomic E-state index is -2.59. The quantitative estimate of drug-likeness (QED) is 0.500. The maximum Gasteiger partial charge on any atom is 0.241 e. The van der Waals surface area contributed by atoms with Gasteiger partial charge in [0.15, 0.2) is 11.6 Å². The van der Waals surface area contributed by atoms with Gasteiger partial charge in [-0.3, -0.25) is 4.79 Å². The average molecular weight is 393 g/mol. The zero-order valence-electron chi connectivity index (χ0n) is 14.5. The molecule has 1 amide bonds. The number of anilines is 1. The number of aromatic amines is 1. The summed E-state index contributed by atoms with van der Waals surface area (Å²) < 4.78 is 58.1. The molecule has 2 heterocycles. The van der Waals surface area contributed by atoms with E-state index in [4.69, 9.17) is 4.74 Å². The van der Waals surface area contributed by atoms with Crippen molar-refractivity contribution in [2.45, 2.75) is 25.3 Å². The van der Waals surface area contributed by atoms with E-state index in [0.29, 0.717) is 11.2 Å². The number of alkyl halides is 2. The molecule has 1 aliphatic heterocycles. The van der Waals surface area contributed by atoms with E-state index in [2.05, 4.69) is 9.97 Å². The van der Waals surface area contributed by atoms with Crippen molar-refractivity contribution in [3.63, 3.8) is 0 Å². The largest absolute Gasteiger partial charge is 0.490 e. The Morgan fingerprint density at radius 3 is 2.79 bits per heavy atom. The number of H-pyrrole nitrogens is 1. The molecule has 1 aromatic heterocycles. The summed E-state index contributed by atoms with van der Waals surface area (Å²) in [6.45, 7) is -0.426. The summed E-state index contributed by atoms with van der Waals surface area (Å²) >= 11 is 0. The Hall–Kier alpha value is -3.10. The maximum atomic E-state index is 14.6. The molecular weight excluding hydrogens is 378 g/mol. The van der Waals surface area contributed by atoms with Gasteiger partial charge in [-0.1, -0.05) is 6.07 Å². The molecule has 9 heteroatoms. The van der Waals surface area contributed by atoms with Crippen LogP contribution in [0.3, 0.4) is 0 Å². The molecule has 4 rings (SSSR count). The molecule has 1 aliphatic rings. The summed E-state index contributed by atoms with van der Waals surface area (Å²) in [6.07, 6.45) is -1.62. The van der Waals surface area contributed by atoms with Crippen LogP contribution in [0, 0.1) is 11.6 Å². The fourth-order valence-electron chi connectivity index (χ4n) is 3.23. The molecule has 1 unspecified atom stereocenters. The molecule has 0 radical (unpaired) electrons. The molecule has 1 atom stereocenters. The number of ether oxygens (including phenoxy) is 1. The van der Waals surface area contributed by atoms with Crippen molar-refractivity contribution >= 4 is 22.6 Å². The molecule has 146 valence electrons. The highest BCUT2D eigenvalue weighted by Crippen LogP contribution is 2.41. The number of carbonyl (C=O) groups is 1. The number of rotatable bonds is 6. The average Bonchev–Trinajstić information content (AvgIpc) is 3.11. The minimum Gasteiger partial charge on any atom is -0.490 e. The van der Waals surface area contributed by atoms with Crippen molar-refractivity contribution < 1.29 is 27.1 Å². The van der Waals surface area contributed by atoms with Crippen LogP contribution in [0.1, 0.15) is 24.4 Å². The summed E-state index contributed by atoms with van der Waals surface area (Å²) in [5.74, 6) is -3.07. The van der Waals surface area contributed by atoms with Crippen molar-refractivity contribution in [1.29, 1.82) is 0 Å². The number of benzene rings is 2. The van der Waals surface area contributed by atoms with E-state index < -0.39 is 42.9 Å². The van der Waals surface area contributed by atoms with Gasteiger partial charge in [0, 0.05) is 17.7 Å². The van der Waals surface area contributed by atoms with Crippen LogP contribution in [0.25, 0.3) is 11.0 Å². The maximum absolute atomic E-state index is 14.6. The Kier molecular flexibility index (Phi) is 4.66. The summed E-state index contributed by atoms with van der Waals surface area (Å²) in [5.41, 5.74) is 1.96. The number of nitrogens with zero attached hydrogens (tertiary/aromatic N) is 2. The van der Waals surface area contributed by atoms with Crippen LogP contribution in [-0.2, 0) is 4.79 Å². The lowest BCUT2D eigenvalue weighted by atomic mass is 9.92. The lowest BCUT2D eigenvalue weighted by molar-refractivity contribution is -0.124. The van der Waals surface area contributed by atoms with Crippen LogP contribution in [-0.4, -0.2) is 28.9 Å². The zero-order chi connectivity index (χ0) is 19.8. The number of carbonyl (C=O) groups excluding carboxylic acids is 1. The van der Waals surface area contributed by atoms with Gasteiger partial charge >= 0.3 is 0 Å². The lowest BCUT2D eigenvalue weighted by Gasteiger charge is -2.40. The van der Waals surface area contributed by atoms with Crippen LogP contribution in [0.15, 0.2) is 36.7 Å². The van der Waals surface area contributed by atoms with E-state index in [-0.39, 0.29) is 17.9 Å². The number of aromatic nitrogens is 2. The first kappa shape index (κ1) is 18.3. The Morgan fingerprint density at radius 2 is 2.04 bits per heavy atom. The third-order valence-corrected chi connectivity index (χ3v) is 4.66. The molecule has 3 aromatic rings. The predicted octanol–water partition coefficient (Wildman–Crippen LogP) is 4.35. The number of hydrogen-bond acceptors (Lipinski definition) is 3. The Labute approximate surface area is 156 Å². The zero-order valence-corrected chi connectivity index (χ0v) is 14.5. The normalized spacial score (nSPS) is 16.7. The van der Waals surface area contributed by atoms with E-state index >= 15 is 0 Å². The van der Waals surface area contributed by atoms with Crippen molar-refractivity contribution in [3.05, 3.63) is 53.9 Å². The third kappa shape index (κ3) is 3.17. The minimum absolute atomic E-state index is 0.000402. The summed E-state index contributed by atoms with van der Waals surface area (Å²) in [4.78, 5) is 20.6. The van der Waals surface area contributed by atoms with Crippen LogP contribution in [0.4, 0.5) is 23.2 Å². The third-order valence-electron chi connectivity index (χ3n) is 4.66. The number of amides is 1. The smallest absolute Gasteiger partial charge is 0.241 e. The molecular formula is C19H15F4N3O2. The fraction of sp³-hybridized carbons (Fsp3) is 0.263. The fourth-order valence-corrected chi connectivity index (χ4v) is 3.23. The van der Waals surface area contributed by atoms with E-state index in [1.807, 2.05) is 0 Å². The second-order valence-electron chi connectivity index (χ2n) is 6.40. The molecule has 28 heavy (non-hydrogen) atoms. The van der Waals surface area contributed by atoms with Crippen LogP contribution < -0.4 is 9.64 Å². The summed E-state index contributed by atoms with van der Waals surface area (Å²) in [7, 11) is 0. The van der Waals surface area contributed by atoms with E-state index in [1.165, 1.54) is 23.4 Å². The molecule has 0 spiro atoms. The number of hydrogen-bond donors (Lipinski definition) is 1. The van der Waals surface area contributed by atoms with Crippen LogP contribution >= 0.6 is 0 Å². The molecule has 0 bridgehead atoms. The number of halogens is 4. The van der Waals surface area contributed by atoms with Gasteiger partial charge in [-0.2, -0.15) is 4.39 Å². The van der Waals surface area contributed by atoms with E-state index in [1.54, 1.807) is 18.2 Å². The molecule has 5 nitrogen and oxygen atoms in total. The van der Waals surface area contributed by atoms with Gasteiger partial charge in [0.1, 0.15) is 0 Å². The first-order valence-electron chi connectivity index (χ1n) is 8.59. The van der Waals surface area contributed by atoms with Gasteiger partial charge in [-0.25, -0.2) is 18.2 Å². The molecule has 0 saturated carbocycles. The number of fused-ring (bicyclic) bond motifs is 1. The van der Waals surface area contributed by atoms with Crippen molar-refractivity contribution in [3.8, 4) is 5.75 Å². The van der Waals surface area contributed by atoms with E-state index in [9.17, 15) is 22.4 Å². The molecule has 1 saturated heterocycles. The topological polar surface area (TPSA) is 58.2 Å². The molecule has 2 aromatic carbocycles.